The molecule has 1 aliphatic heterocycles. The number of nitrogens with one attached hydrogen (secondary N) is 1. The maximum Gasteiger partial charge on any atom is 0.317 e. The van der Waals surface area contributed by atoms with Crippen LogP contribution in [0.3, 0.4) is 0 Å². The summed E-state index contributed by atoms with van der Waals surface area (Å²) < 4.78 is 5.09. The molecule has 2 rings (SSSR count). The Hall–Kier alpha value is -2.09. The van der Waals surface area contributed by atoms with Crippen LogP contribution in [0.5, 0.6) is 0 Å². The molecule has 1 aromatic heterocycles. The van der Waals surface area contributed by atoms with Gasteiger partial charge in [0.25, 0.3) is 0 Å². The molecule has 1 fully saturated rings. The quantitative estimate of drug-likeness (QED) is 0.816. The number of carbonyl (C=O) groups is 2. The Morgan fingerprint density at radius 1 is 1.50 bits per heavy atom. The van der Waals surface area contributed by atoms with E-state index in [0.29, 0.717) is 32.4 Å². The first kappa shape index (κ1) is 18.3. The van der Waals surface area contributed by atoms with E-state index in [0.717, 1.165) is 11.5 Å². The first-order chi connectivity index (χ1) is 11.3. The van der Waals surface area contributed by atoms with Crippen molar-refractivity contribution in [3.8, 4) is 0 Å². The van der Waals surface area contributed by atoms with Crippen molar-refractivity contribution in [2.75, 3.05) is 33.7 Å². The highest BCUT2D eigenvalue weighted by molar-refractivity contribution is 5.77. The molecule has 0 aliphatic carbocycles. The van der Waals surface area contributed by atoms with Crippen LogP contribution in [-0.4, -0.2) is 71.3 Å². The van der Waals surface area contributed by atoms with Gasteiger partial charge in [-0.15, -0.1) is 0 Å². The van der Waals surface area contributed by atoms with Crippen molar-refractivity contribution in [2.24, 2.45) is 0 Å². The van der Waals surface area contributed by atoms with Gasteiger partial charge in [0.1, 0.15) is 5.76 Å². The van der Waals surface area contributed by atoms with E-state index in [-0.39, 0.29) is 24.9 Å². The van der Waals surface area contributed by atoms with Crippen molar-refractivity contribution < 1.29 is 19.2 Å². The molecule has 1 aliphatic rings. The number of amides is 3. The lowest BCUT2D eigenvalue weighted by atomic mass is 9.89. The van der Waals surface area contributed by atoms with E-state index in [4.69, 9.17) is 4.52 Å². The zero-order valence-electron chi connectivity index (χ0n) is 14.5. The van der Waals surface area contributed by atoms with Gasteiger partial charge in [0.15, 0.2) is 0 Å². The monoisotopic (exact) mass is 338 g/mol. The van der Waals surface area contributed by atoms with E-state index in [2.05, 4.69) is 10.5 Å². The summed E-state index contributed by atoms with van der Waals surface area (Å²) in [4.78, 5) is 27.1. The average molecular weight is 338 g/mol. The Bertz CT molecular complexity index is 586. The summed E-state index contributed by atoms with van der Waals surface area (Å²) in [5.41, 5.74) is -0.345. The van der Waals surface area contributed by atoms with E-state index < -0.39 is 5.60 Å². The van der Waals surface area contributed by atoms with E-state index in [1.807, 2.05) is 13.0 Å². The molecule has 1 atom stereocenters. The first-order valence-corrected chi connectivity index (χ1v) is 8.16. The van der Waals surface area contributed by atoms with Gasteiger partial charge in [-0.25, -0.2) is 4.79 Å². The molecule has 1 aromatic rings. The van der Waals surface area contributed by atoms with Crippen LogP contribution in [0.1, 0.15) is 30.7 Å². The van der Waals surface area contributed by atoms with E-state index in [1.165, 1.54) is 4.90 Å². The number of urea groups is 1. The van der Waals surface area contributed by atoms with Gasteiger partial charge >= 0.3 is 6.03 Å². The Labute approximate surface area is 141 Å². The van der Waals surface area contributed by atoms with Gasteiger partial charge < -0.3 is 24.7 Å². The number of hydrogen-bond donors (Lipinski definition) is 2. The summed E-state index contributed by atoms with van der Waals surface area (Å²) in [6.07, 6.45) is 1.78. The Balaban J connectivity index is 1.82. The van der Waals surface area contributed by atoms with Crippen molar-refractivity contribution in [1.82, 2.24) is 20.3 Å². The lowest BCUT2D eigenvalue weighted by molar-refractivity contribution is -0.135. The van der Waals surface area contributed by atoms with Crippen LogP contribution in [0.15, 0.2) is 10.6 Å². The molecule has 0 saturated carbocycles. The van der Waals surface area contributed by atoms with Gasteiger partial charge in [-0.1, -0.05) is 5.16 Å². The van der Waals surface area contributed by atoms with Crippen LogP contribution in [0.4, 0.5) is 4.79 Å². The second-order valence-corrected chi connectivity index (χ2v) is 6.63. The number of β-amino-alcohol motifs (C(OH)–C–C–N with tert-alkyl or cyclic N) is 1. The number of nitrogens with zero attached hydrogens (tertiary/aromatic N) is 3. The number of aliphatic hydroxyl groups is 1. The van der Waals surface area contributed by atoms with Crippen molar-refractivity contribution in [1.29, 1.82) is 0 Å². The van der Waals surface area contributed by atoms with Crippen molar-refractivity contribution in [3.05, 3.63) is 17.5 Å². The molecule has 0 spiro atoms. The van der Waals surface area contributed by atoms with E-state index in [1.54, 1.807) is 19.0 Å². The van der Waals surface area contributed by atoms with Crippen LogP contribution in [0.25, 0.3) is 0 Å². The predicted octanol–water partition coefficient (Wildman–Crippen LogP) is 0.540. The predicted molar refractivity (Wildman–Crippen MR) is 87.4 cm³/mol. The molecular weight excluding hydrogens is 312 g/mol. The third-order valence-corrected chi connectivity index (χ3v) is 4.15. The summed E-state index contributed by atoms with van der Waals surface area (Å²) in [7, 11) is 3.31. The molecule has 2 N–H and O–H groups in total. The number of aryl methyl sites for hydroxylation is 1. The molecule has 0 radical (unpaired) electrons. The molecule has 0 aromatic carbocycles. The van der Waals surface area contributed by atoms with Crippen LogP contribution in [0, 0.1) is 6.92 Å². The van der Waals surface area contributed by atoms with Gasteiger partial charge in [0.2, 0.25) is 5.91 Å². The molecular formula is C16H26N4O4. The lowest BCUT2D eigenvalue weighted by Crippen LogP contribution is -2.54. The fraction of sp³-hybridized carbons (Fsp3) is 0.688. The molecule has 8 nitrogen and oxygen atoms in total. The first-order valence-electron chi connectivity index (χ1n) is 8.16. The Morgan fingerprint density at radius 2 is 2.25 bits per heavy atom. The van der Waals surface area contributed by atoms with Crippen LogP contribution >= 0.6 is 0 Å². The fourth-order valence-electron chi connectivity index (χ4n) is 2.81. The van der Waals surface area contributed by atoms with Crippen LogP contribution in [-0.2, 0) is 11.2 Å². The molecule has 24 heavy (non-hydrogen) atoms. The third-order valence-electron chi connectivity index (χ3n) is 4.15. The highest BCUT2D eigenvalue weighted by Crippen LogP contribution is 2.25. The largest absolute Gasteiger partial charge is 0.387 e. The van der Waals surface area contributed by atoms with Gasteiger partial charge in [-0.3, -0.25) is 4.79 Å². The molecule has 8 heteroatoms. The number of piperidine rings is 1. The highest BCUT2D eigenvalue weighted by atomic mass is 16.5. The maximum absolute atomic E-state index is 12.3. The number of likely N-dealkylation sites (tertiary alicyclic amines) is 1. The number of hydrogen-bond acceptors (Lipinski definition) is 5. The van der Waals surface area contributed by atoms with Crippen LogP contribution in [0.2, 0.25) is 0 Å². The summed E-state index contributed by atoms with van der Waals surface area (Å²) in [6.45, 7) is 3.01. The SMILES string of the molecule is Cc1cc(CCNC(=O)N2CCCC(O)(CC(=O)N(C)C)C2)on1. The molecule has 134 valence electrons. The van der Waals surface area contributed by atoms with Crippen molar-refractivity contribution in [2.45, 2.75) is 38.2 Å². The molecule has 2 heterocycles. The standard InChI is InChI=1S/C16H26N4O4/c1-12-9-13(24-18-12)5-7-17-15(22)20-8-4-6-16(23,11-20)10-14(21)19(2)3/h9,23H,4-8,10-11H2,1-3H3,(H,17,22). The fourth-order valence-corrected chi connectivity index (χ4v) is 2.81. The summed E-state index contributed by atoms with van der Waals surface area (Å²) in [5.74, 6) is 0.583. The maximum atomic E-state index is 12.3. The summed E-state index contributed by atoms with van der Waals surface area (Å²) >= 11 is 0. The zero-order chi connectivity index (χ0) is 17.7. The minimum absolute atomic E-state index is 0.0289. The normalized spacial score (nSPS) is 20.8. The summed E-state index contributed by atoms with van der Waals surface area (Å²) in [6, 6.07) is 1.60. The third kappa shape index (κ3) is 4.95. The minimum atomic E-state index is -1.15. The van der Waals surface area contributed by atoms with E-state index in [9.17, 15) is 14.7 Å². The van der Waals surface area contributed by atoms with Gasteiger partial charge in [0.05, 0.1) is 24.3 Å². The molecule has 1 unspecified atom stereocenters. The summed E-state index contributed by atoms with van der Waals surface area (Å²) in [5, 5.41) is 17.2. The van der Waals surface area contributed by atoms with Crippen molar-refractivity contribution >= 4 is 11.9 Å². The molecule has 3 amide bonds. The zero-order valence-corrected chi connectivity index (χ0v) is 14.5. The minimum Gasteiger partial charge on any atom is -0.387 e. The number of aromatic nitrogens is 1. The molecule has 0 bridgehead atoms. The topological polar surface area (TPSA) is 98.9 Å². The van der Waals surface area contributed by atoms with Gasteiger partial charge in [0, 0.05) is 39.7 Å². The van der Waals surface area contributed by atoms with E-state index >= 15 is 0 Å². The molecule has 1 saturated heterocycles. The average Bonchev–Trinajstić information content (AvgIpc) is 2.92. The van der Waals surface area contributed by atoms with Crippen molar-refractivity contribution in [3.63, 3.8) is 0 Å². The van der Waals surface area contributed by atoms with Gasteiger partial charge in [-0.2, -0.15) is 0 Å². The lowest BCUT2D eigenvalue weighted by Gasteiger charge is -2.39. The second-order valence-electron chi connectivity index (χ2n) is 6.63. The smallest absolute Gasteiger partial charge is 0.317 e. The number of carbonyl (C=O) groups excluding carboxylic acids is 2. The van der Waals surface area contributed by atoms with Crippen LogP contribution < -0.4 is 5.32 Å². The number of rotatable bonds is 5. The second kappa shape index (κ2) is 7.65. The van der Waals surface area contributed by atoms with Gasteiger partial charge in [-0.05, 0) is 19.8 Å². The Morgan fingerprint density at radius 3 is 2.88 bits per heavy atom. The Kier molecular flexibility index (Phi) is 5.82. The highest BCUT2D eigenvalue weighted by Gasteiger charge is 2.37.